The Labute approximate surface area is 94.8 Å². The van der Waals surface area contributed by atoms with Gasteiger partial charge >= 0.3 is 0 Å². The van der Waals surface area contributed by atoms with Crippen LogP contribution in [0.25, 0.3) is 0 Å². The molecular weight excluding hydrogens is 208 g/mol. The molecule has 1 fully saturated rings. The minimum Gasteiger partial charge on any atom is -0.394 e. The van der Waals surface area contributed by atoms with E-state index >= 15 is 0 Å². The zero-order chi connectivity index (χ0) is 11.0. The monoisotopic (exact) mass is 226 g/mol. The van der Waals surface area contributed by atoms with E-state index in [0.29, 0.717) is 10.5 Å². The summed E-state index contributed by atoms with van der Waals surface area (Å²) < 4.78 is 1.78. The van der Waals surface area contributed by atoms with Crippen LogP contribution in [0.2, 0.25) is 0 Å². The van der Waals surface area contributed by atoms with Crippen molar-refractivity contribution in [3.8, 4) is 0 Å². The Morgan fingerprint density at radius 1 is 1.40 bits per heavy atom. The van der Waals surface area contributed by atoms with Gasteiger partial charge in [-0.3, -0.25) is 4.68 Å². The summed E-state index contributed by atoms with van der Waals surface area (Å²) in [5, 5.41) is 5.71. The fourth-order valence-corrected chi connectivity index (χ4v) is 3.42. The molecule has 2 unspecified atom stereocenters. The van der Waals surface area contributed by atoms with Gasteiger partial charge in [0.25, 0.3) is 0 Å². The molecule has 15 heavy (non-hydrogen) atoms. The molecular formula is C10H18N4S. The topological polar surface area (TPSA) is 47.1 Å². The Balaban J connectivity index is 2.19. The molecule has 0 saturated carbocycles. The third kappa shape index (κ3) is 2.22. The highest BCUT2D eigenvalue weighted by Gasteiger charge is 2.25. The van der Waals surface area contributed by atoms with Crippen LogP contribution in [0.3, 0.4) is 0 Å². The number of nitrogens with two attached hydrogens (primary N) is 1. The zero-order valence-corrected chi connectivity index (χ0v) is 10.3. The van der Waals surface area contributed by atoms with Crippen molar-refractivity contribution < 1.29 is 0 Å². The minimum absolute atomic E-state index is 0.648. The Bertz CT molecular complexity index is 339. The highest BCUT2D eigenvalue weighted by atomic mass is 32.2. The van der Waals surface area contributed by atoms with Gasteiger partial charge < -0.3 is 10.6 Å². The van der Waals surface area contributed by atoms with Crippen LogP contribution in [0, 0.1) is 0 Å². The molecule has 2 heterocycles. The van der Waals surface area contributed by atoms with Crippen molar-refractivity contribution in [2.75, 3.05) is 23.7 Å². The Hall–Kier alpha value is -0.840. The fourth-order valence-electron chi connectivity index (χ4n) is 2.09. The number of rotatable bonds is 1. The number of nitrogen functional groups attached to an aromatic ring is 1. The zero-order valence-electron chi connectivity index (χ0n) is 9.47. The van der Waals surface area contributed by atoms with Crippen molar-refractivity contribution >= 4 is 23.3 Å². The second-order valence-electron chi connectivity index (χ2n) is 4.24. The minimum atomic E-state index is 0.648. The predicted octanol–water partition coefficient (Wildman–Crippen LogP) is 1.33. The molecule has 0 spiro atoms. The molecule has 84 valence electrons. The van der Waals surface area contributed by atoms with Crippen LogP contribution in [0.1, 0.15) is 13.8 Å². The van der Waals surface area contributed by atoms with Gasteiger partial charge in [-0.1, -0.05) is 13.8 Å². The van der Waals surface area contributed by atoms with Crippen molar-refractivity contribution in [3.63, 3.8) is 0 Å². The molecule has 2 atom stereocenters. The van der Waals surface area contributed by atoms with E-state index in [9.17, 15) is 0 Å². The standard InChI is InChI=1S/C10H18N4S/c1-7-4-14(5-8(2)15-7)10-9(11)6-13(3)12-10/h6-8H,4-5,11H2,1-3H3. The molecule has 0 bridgehead atoms. The largest absolute Gasteiger partial charge is 0.394 e. The third-order valence-electron chi connectivity index (χ3n) is 2.56. The van der Waals surface area contributed by atoms with Crippen LogP contribution in [0.15, 0.2) is 6.20 Å². The van der Waals surface area contributed by atoms with Crippen molar-refractivity contribution in [2.45, 2.75) is 24.3 Å². The lowest BCUT2D eigenvalue weighted by molar-refractivity contribution is 0.695. The molecule has 1 saturated heterocycles. The second-order valence-corrected chi connectivity index (χ2v) is 6.13. The Morgan fingerprint density at radius 3 is 2.47 bits per heavy atom. The smallest absolute Gasteiger partial charge is 0.173 e. The number of aryl methyl sites for hydroxylation is 1. The summed E-state index contributed by atoms with van der Waals surface area (Å²) in [5.41, 5.74) is 6.71. The van der Waals surface area contributed by atoms with Gasteiger partial charge in [0, 0.05) is 36.8 Å². The van der Waals surface area contributed by atoms with Crippen molar-refractivity contribution in [3.05, 3.63) is 6.20 Å². The van der Waals surface area contributed by atoms with Gasteiger partial charge in [0.1, 0.15) is 0 Å². The number of thioether (sulfide) groups is 1. The van der Waals surface area contributed by atoms with Crippen LogP contribution in [0.5, 0.6) is 0 Å². The summed E-state index contributed by atoms with van der Waals surface area (Å²) >= 11 is 2.04. The summed E-state index contributed by atoms with van der Waals surface area (Å²) in [6.07, 6.45) is 1.87. The summed E-state index contributed by atoms with van der Waals surface area (Å²) in [5.74, 6) is 0.941. The molecule has 1 aliphatic heterocycles. The first kappa shape index (κ1) is 10.7. The van der Waals surface area contributed by atoms with Gasteiger partial charge in [-0.2, -0.15) is 16.9 Å². The van der Waals surface area contributed by atoms with Gasteiger partial charge in [0.05, 0.1) is 5.69 Å². The third-order valence-corrected chi connectivity index (χ3v) is 3.78. The summed E-state index contributed by atoms with van der Waals surface area (Å²) in [6, 6.07) is 0. The lowest BCUT2D eigenvalue weighted by Gasteiger charge is -2.34. The maximum Gasteiger partial charge on any atom is 0.173 e. The number of anilines is 2. The molecule has 4 nitrogen and oxygen atoms in total. The summed E-state index contributed by atoms with van der Waals surface area (Å²) in [6.45, 7) is 6.59. The van der Waals surface area contributed by atoms with Gasteiger partial charge in [-0.15, -0.1) is 0 Å². The average molecular weight is 226 g/mol. The number of nitrogens with zero attached hydrogens (tertiary/aromatic N) is 3. The predicted molar refractivity (Wildman–Crippen MR) is 66.3 cm³/mol. The molecule has 1 aromatic rings. The van der Waals surface area contributed by atoms with E-state index < -0.39 is 0 Å². The van der Waals surface area contributed by atoms with Gasteiger partial charge in [0.2, 0.25) is 0 Å². The quantitative estimate of drug-likeness (QED) is 0.785. The number of hydrogen-bond donors (Lipinski definition) is 1. The summed E-state index contributed by atoms with van der Waals surface area (Å²) in [4.78, 5) is 2.29. The van der Waals surface area contributed by atoms with Crippen molar-refractivity contribution in [1.82, 2.24) is 9.78 Å². The summed E-state index contributed by atoms with van der Waals surface area (Å²) in [7, 11) is 1.91. The maximum absolute atomic E-state index is 5.93. The molecule has 2 rings (SSSR count). The first-order chi connectivity index (χ1) is 7.06. The normalized spacial score (nSPS) is 27.0. The number of aromatic nitrogens is 2. The van der Waals surface area contributed by atoms with Crippen LogP contribution in [-0.2, 0) is 7.05 Å². The fraction of sp³-hybridized carbons (Fsp3) is 0.700. The number of hydrogen-bond acceptors (Lipinski definition) is 4. The van der Waals surface area contributed by atoms with Crippen LogP contribution < -0.4 is 10.6 Å². The van der Waals surface area contributed by atoms with Crippen LogP contribution >= 0.6 is 11.8 Å². The molecule has 0 amide bonds. The van der Waals surface area contributed by atoms with E-state index in [1.54, 1.807) is 4.68 Å². The van der Waals surface area contributed by atoms with Crippen molar-refractivity contribution in [2.24, 2.45) is 7.05 Å². The SMILES string of the molecule is CC1CN(c2nn(C)cc2N)CC(C)S1. The lowest BCUT2D eigenvalue weighted by Crippen LogP contribution is -2.41. The maximum atomic E-state index is 5.93. The second kappa shape index (κ2) is 3.96. The van der Waals surface area contributed by atoms with E-state index in [4.69, 9.17) is 5.73 Å². The van der Waals surface area contributed by atoms with E-state index in [0.717, 1.165) is 24.6 Å². The highest BCUT2D eigenvalue weighted by Crippen LogP contribution is 2.30. The molecule has 5 heteroatoms. The van der Waals surface area contributed by atoms with Gasteiger partial charge in [0.15, 0.2) is 5.82 Å². The Kier molecular flexibility index (Phi) is 2.82. The Morgan fingerprint density at radius 2 is 2.00 bits per heavy atom. The van der Waals surface area contributed by atoms with E-state index in [-0.39, 0.29) is 0 Å². The van der Waals surface area contributed by atoms with Gasteiger partial charge in [-0.05, 0) is 0 Å². The molecule has 1 aliphatic rings. The van der Waals surface area contributed by atoms with Gasteiger partial charge in [-0.25, -0.2) is 0 Å². The molecule has 1 aromatic heterocycles. The molecule has 2 N–H and O–H groups in total. The average Bonchev–Trinajstić information content (AvgIpc) is 2.43. The first-order valence-corrected chi connectivity index (χ1v) is 6.20. The molecule has 0 aromatic carbocycles. The lowest BCUT2D eigenvalue weighted by atomic mass is 10.3. The van der Waals surface area contributed by atoms with E-state index in [2.05, 4.69) is 23.8 Å². The first-order valence-electron chi connectivity index (χ1n) is 5.26. The van der Waals surface area contributed by atoms with E-state index in [1.165, 1.54) is 0 Å². The van der Waals surface area contributed by atoms with Crippen LogP contribution in [0.4, 0.5) is 11.5 Å². The van der Waals surface area contributed by atoms with E-state index in [1.807, 2.05) is 25.0 Å². The van der Waals surface area contributed by atoms with Crippen LogP contribution in [-0.4, -0.2) is 33.4 Å². The van der Waals surface area contributed by atoms with Crippen molar-refractivity contribution in [1.29, 1.82) is 0 Å². The molecule has 0 radical (unpaired) electrons. The molecule has 0 aliphatic carbocycles. The highest BCUT2D eigenvalue weighted by molar-refractivity contribution is 8.00.